The number of methoxy groups -OCH3 is 1. The number of hydrogen-bond acceptors (Lipinski definition) is 3. The first-order valence-corrected chi connectivity index (χ1v) is 7.39. The first-order chi connectivity index (χ1) is 10.3. The van der Waals surface area contributed by atoms with E-state index in [9.17, 15) is 0 Å². The molecule has 1 fully saturated rings. The molecule has 0 spiro atoms. The van der Waals surface area contributed by atoms with Crippen LogP contribution in [0.15, 0.2) is 33.7 Å². The molecule has 0 saturated heterocycles. The monoisotopic (exact) mass is 287 g/mol. The normalized spacial score (nSPS) is 16.5. The van der Waals surface area contributed by atoms with Crippen molar-refractivity contribution in [2.75, 3.05) is 7.11 Å². The van der Waals surface area contributed by atoms with E-state index in [1.54, 1.807) is 7.11 Å². The number of aliphatic imine (C=N–C) groups is 1. The van der Waals surface area contributed by atoms with Gasteiger partial charge in [0.15, 0.2) is 17.5 Å². The number of hydrogen-bond donors (Lipinski definition) is 2. The second-order valence-corrected chi connectivity index (χ2v) is 5.38. The van der Waals surface area contributed by atoms with Crippen LogP contribution in [0.4, 0.5) is 0 Å². The summed E-state index contributed by atoms with van der Waals surface area (Å²) in [5, 5.41) is 4.23. The molecule has 0 bridgehead atoms. The van der Waals surface area contributed by atoms with Crippen LogP contribution in [0.2, 0.25) is 0 Å². The number of rotatable bonds is 4. The number of ether oxygens (including phenoxy) is 1. The number of nitrogens with zero attached hydrogens (tertiary/aromatic N) is 1. The fraction of sp³-hybridized carbons (Fsp3) is 0.438. The fourth-order valence-corrected chi connectivity index (χ4v) is 2.88. The molecule has 112 valence electrons. The van der Waals surface area contributed by atoms with E-state index in [0.717, 1.165) is 16.7 Å². The van der Waals surface area contributed by atoms with Crippen molar-refractivity contribution >= 4 is 16.9 Å². The molecule has 5 nitrogen and oxygen atoms in total. The lowest BCUT2D eigenvalue weighted by atomic mass is 10.2. The van der Waals surface area contributed by atoms with Gasteiger partial charge in [-0.25, -0.2) is 4.99 Å². The van der Waals surface area contributed by atoms with Gasteiger partial charge in [0.2, 0.25) is 0 Å². The first-order valence-electron chi connectivity index (χ1n) is 7.39. The lowest BCUT2D eigenvalue weighted by Gasteiger charge is -2.11. The maximum atomic E-state index is 5.94. The molecule has 0 radical (unpaired) electrons. The van der Waals surface area contributed by atoms with Crippen molar-refractivity contribution in [2.24, 2.45) is 10.7 Å². The summed E-state index contributed by atoms with van der Waals surface area (Å²) in [6, 6.07) is 8.26. The highest BCUT2D eigenvalue weighted by Crippen LogP contribution is 2.33. The lowest BCUT2D eigenvalue weighted by molar-refractivity contribution is 0.397. The minimum atomic E-state index is 0.378. The van der Waals surface area contributed by atoms with Crippen molar-refractivity contribution in [1.29, 1.82) is 0 Å². The molecule has 5 heteroatoms. The Balaban J connectivity index is 1.74. The molecule has 0 aliphatic heterocycles. The Morgan fingerprint density at radius 2 is 2.14 bits per heavy atom. The van der Waals surface area contributed by atoms with Crippen molar-refractivity contribution in [3.8, 4) is 5.75 Å². The van der Waals surface area contributed by atoms with E-state index in [-0.39, 0.29) is 0 Å². The largest absolute Gasteiger partial charge is 0.492 e. The number of furan rings is 1. The van der Waals surface area contributed by atoms with E-state index in [1.807, 2.05) is 24.3 Å². The Labute approximate surface area is 124 Å². The molecule has 1 aromatic heterocycles. The molecule has 21 heavy (non-hydrogen) atoms. The molecule has 0 atom stereocenters. The zero-order valence-corrected chi connectivity index (χ0v) is 12.3. The van der Waals surface area contributed by atoms with Crippen molar-refractivity contribution in [3.05, 3.63) is 30.0 Å². The maximum absolute atomic E-state index is 5.94. The molecule has 3 N–H and O–H groups in total. The van der Waals surface area contributed by atoms with E-state index in [4.69, 9.17) is 14.9 Å². The number of guanidine groups is 1. The maximum Gasteiger partial charge on any atom is 0.189 e. The second kappa shape index (κ2) is 6.08. The lowest BCUT2D eigenvalue weighted by Crippen LogP contribution is -2.38. The average molecular weight is 287 g/mol. The van der Waals surface area contributed by atoms with Crippen LogP contribution in [0.3, 0.4) is 0 Å². The smallest absolute Gasteiger partial charge is 0.189 e. The van der Waals surface area contributed by atoms with Crippen molar-refractivity contribution in [2.45, 2.75) is 38.3 Å². The molecule has 2 aromatic rings. The third-order valence-electron chi connectivity index (χ3n) is 3.92. The highest BCUT2D eigenvalue weighted by atomic mass is 16.5. The van der Waals surface area contributed by atoms with Gasteiger partial charge >= 0.3 is 0 Å². The standard InChI is InChI=1S/C16H21N3O2/c1-20-15-12-8-4-5-9-13(12)21-14(15)10-18-16(17)19-11-6-2-3-7-11/h4-5,8-9,11H,2-3,6-7,10H2,1H3,(H3,17,18,19). The van der Waals surface area contributed by atoms with E-state index >= 15 is 0 Å². The molecule has 1 aliphatic rings. The zero-order chi connectivity index (χ0) is 14.7. The molecule has 0 unspecified atom stereocenters. The van der Waals surface area contributed by atoms with Crippen molar-refractivity contribution < 1.29 is 9.15 Å². The molecular formula is C16H21N3O2. The Hall–Kier alpha value is -2.17. The summed E-state index contributed by atoms with van der Waals surface area (Å²) in [5.74, 6) is 1.92. The van der Waals surface area contributed by atoms with Crippen LogP contribution in [0, 0.1) is 0 Å². The average Bonchev–Trinajstić information content (AvgIpc) is 3.11. The predicted octanol–water partition coefficient (Wildman–Crippen LogP) is 2.79. The number of benzene rings is 1. The number of nitrogens with one attached hydrogen (secondary N) is 1. The van der Waals surface area contributed by atoms with Crippen LogP contribution in [0.25, 0.3) is 11.0 Å². The topological polar surface area (TPSA) is 72.8 Å². The molecular weight excluding hydrogens is 266 g/mol. The highest BCUT2D eigenvalue weighted by Gasteiger charge is 2.16. The zero-order valence-electron chi connectivity index (χ0n) is 12.3. The second-order valence-electron chi connectivity index (χ2n) is 5.38. The van der Waals surface area contributed by atoms with Crippen molar-refractivity contribution in [3.63, 3.8) is 0 Å². The molecule has 0 amide bonds. The van der Waals surface area contributed by atoms with E-state index in [1.165, 1.54) is 25.7 Å². The highest BCUT2D eigenvalue weighted by molar-refractivity contribution is 5.85. The SMILES string of the molecule is COc1c(CN=C(N)NC2CCCC2)oc2ccccc12. The molecule has 1 aromatic carbocycles. The fourth-order valence-electron chi connectivity index (χ4n) is 2.88. The summed E-state index contributed by atoms with van der Waals surface area (Å²) in [4.78, 5) is 4.37. The molecule has 3 rings (SSSR count). The summed E-state index contributed by atoms with van der Waals surface area (Å²) < 4.78 is 11.2. The van der Waals surface area contributed by atoms with Gasteiger partial charge in [0, 0.05) is 6.04 Å². The Morgan fingerprint density at radius 1 is 1.38 bits per heavy atom. The van der Waals surface area contributed by atoms with E-state index in [2.05, 4.69) is 10.3 Å². The number of nitrogens with two attached hydrogens (primary N) is 1. The minimum absolute atomic E-state index is 0.378. The third kappa shape index (κ3) is 2.96. The van der Waals surface area contributed by atoms with Crippen LogP contribution >= 0.6 is 0 Å². The van der Waals surface area contributed by atoms with Crippen LogP contribution in [-0.2, 0) is 6.54 Å². The van der Waals surface area contributed by atoms with Crippen LogP contribution in [0.1, 0.15) is 31.4 Å². The Morgan fingerprint density at radius 3 is 2.90 bits per heavy atom. The minimum Gasteiger partial charge on any atom is -0.492 e. The summed E-state index contributed by atoms with van der Waals surface area (Å²) in [7, 11) is 1.64. The first kappa shape index (κ1) is 13.8. The Bertz CT molecular complexity index is 642. The predicted molar refractivity (Wildman–Crippen MR) is 83.5 cm³/mol. The summed E-state index contributed by atoms with van der Waals surface area (Å²) in [5.41, 5.74) is 6.75. The van der Waals surface area contributed by atoms with Gasteiger partial charge in [-0.3, -0.25) is 0 Å². The van der Waals surface area contributed by atoms with Gasteiger partial charge in [0.25, 0.3) is 0 Å². The molecule has 1 heterocycles. The van der Waals surface area contributed by atoms with Gasteiger partial charge in [-0.2, -0.15) is 0 Å². The summed E-state index contributed by atoms with van der Waals surface area (Å²) in [6.45, 7) is 0.378. The van der Waals surface area contributed by atoms with Crippen molar-refractivity contribution in [1.82, 2.24) is 5.32 Å². The van der Waals surface area contributed by atoms with Gasteiger partial charge in [0.1, 0.15) is 12.1 Å². The Kier molecular flexibility index (Phi) is 3.99. The van der Waals surface area contributed by atoms with Gasteiger partial charge in [0.05, 0.1) is 12.5 Å². The summed E-state index contributed by atoms with van der Waals surface area (Å²) in [6.07, 6.45) is 4.87. The molecule has 1 aliphatic carbocycles. The van der Waals surface area contributed by atoms with E-state index < -0.39 is 0 Å². The third-order valence-corrected chi connectivity index (χ3v) is 3.92. The van der Waals surface area contributed by atoms with Crippen LogP contribution < -0.4 is 15.8 Å². The van der Waals surface area contributed by atoms with Gasteiger partial charge in [-0.05, 0) is 25.0 Å². The summed E-state index contributed by atoms with van der Waals surface area (Å²) >= 11 is 0. The van der Waals surface area contributed by atoms with Crippen LogP contribution in [0.5, 0.6) is 5.75 Å². The van der Waals surface area contributed by atoms with Crippen LogP contribution in [-0.4, -0.2) is 19.1 Å². The number of fused-ring (bicyclic) bond motifs is 1. The number of para-hydroxylation sites is 1. The van der Waals surface area contributed by atoms with E-state index in [0.29, 0.717) is 24.3 Å². The molecule has 1 saturated carbocycles. The van der Waals surface area contributed by atoms with Gasteiger partial charge in [-0.1, -0.05) is 25.0 Å². The van der Waals surface area contributed by atoms with Gasteiger partial charge < -0.3 is 20.2 Å². The quantitative estimate of drug-likeness (QED) is 0.670. The van der Waals surface area contributed by atoms with Gasteiger partial charge in [-0.15, -0.1) is 0 Å².